The standard InChI is InChI=1S/C24H46N4O4/c1-15(29)18(23(6,7)13-22(4,5)12-17(25)30)28-20(32)24(8,9)14-21(2,3)11-16(27-10)19(26)31/h16,18,27H,11-14H2,1-10H3,(H2,25,30)(H2,26,31)(H,28,32). The summed E-state index contributed by atoms with van der Waals surface area (Å²) in [5.74, 6) is -1.20. The Kier molecular flexibility index (Phi) is 10.1. The zero-order valence-electron chi connectivity index (χ0n) is 21.8. The molecule has 0 aliphatic rings. The average Bonchev–Trinajstić information content (AvgIpc) is 2.53. The second-order valence-electron chi connectivity index (χ2n) is 12.2. The van der Waals surface area contributed by atoms with E-state index >= 15 is 0 Å². The van der Waals surface area contributed by atoms with Crippen molar-refractivity contribution in [1.29, 1.82) is 0 Å². The summed E-state index contributed by atoms with van der Waals surface area (Å²) in [5.41, 5.74) is 8.70. The summed E-state index contributed by atoms with van der Waals surface area (Å²) in [5, 5.41) is 5.90. The maximum absolute atomic E-state index is 13.3. The van der Waals surface area contributed by atoms with Crippen molar-refractivity contribution in [2.75, 3.05) is 7.05 Å². The number of primary amides is 2. The minimum atomic E-state index is -0.786. The van der Waals surface area contributed by atoms with E-state index in [4.69, 9.17) is 11.5 Å². The van der Waals surface area contributed by atoms with Crippen LogP contribution in [-0.4, -0.2) is 42.6 Å². The largest absolute Gasteiger partial charge is 0.370 e. The van der Waals surface area contributed by atoms with Gasteiger partial charge >= 0.3 is 0 Å². The lowest BCUT2D eigenvalue weighted by Crippen LogP contribution is -2.54. The first-order valence-electron chi connectivity index (χ1n) is 11.2. The quantitative estimate of drug-likeness (QED) is 0.318. The molecule has 0 radical (unpaired) electrons. The number of hydrogen-bond donors (Lipinski definition) is 4. The Hall–Kier alpha value is -1.96. The first kappa shape index (κ1) is 30.0. The normalized spacial score (nSPS) is 15.1. The fraction of sp³-hybridized carbons (Fsp3) is 0.833. The fourth-order valence-electron chi connectivity index (χ4n) is 5.29. The van der Waals surface area contributed by atoms with Gasteiger partial charge in [-0.25, -0.2) is 0 Å². The monoisotopic (exact) mass is 454 g/mol. The van der Waals surface area contributed by atoms with E-state index in [1.54, 1.807) is 7.05 Å². The second kappa shape index (κ2) is 10.8. The minimum absolute atomic E-state index is 0.141. The predicted octanol–water partition coefficient (Wildman–Crippen LogP) is 2.28. The maximum atomic E-state index is 13.3. The number of amides is 3. The van der Waals surface area contributed by atoms with E-state index in [0.717, 1.165) is 0 Å². The van der Waals surface area contributed by atoms with Gasteiger partial charge in [-0.2, -0.15) is 0 Å². The van der Waals surface area contributed by atoms with E-state index in [2.05, 4.69) is 10.6 Å². The highest BCUT2D eigenvalue weighted by atomic mass is 16.2. The van der Waals surface area contributed by atoms with Crippen molar-refractivity contribution in [2.45, 2.75) is 100 Å². The molecule has 2 unspecified atom stereocenters. The average molecular weight is 455 g/mol. The summed E-state index contributed by atoms with van der Waals surface area (Å²) in [6.07, 6.45) is 1.71. The molecule has 0 bridgehead atoms. The van der Waals surface area contributed by atoms with E-state index in [1.165, 1.54) is 6.92 Å². The lowest BCUT2D eigenvalue weighted by atomic mass is 9.68. The van der Waals surface area contributed by atoms with Gasteiger partial charge in [0.25, 0.3) is 0 Å². The number of nitrogens with one attached hydrogen (secondary N) is 2. The highest BCUT2D eigenvalue weighted by Gasteiger charge is 2.43. The minimum Gasteiger partial charge on any atom is -0.370 e. The number of carbonyl (C=O) groups excluding carboxylic acids is 4. The van der Waals surface area contributed by atoms with E-state index in [1.807, 2.05) is 55.4 Å². The molecule has 0 aromatic carbocycles. The van der Waals surface area contributed by atoms with Crippen LogP contribution in [0.2, 0.25) is 0 Å². The molecule has 0 heterocycles. The summed E-state index contributed by atoms with van der Waals surface area (Å²) >= 11 is 0. The molecule has 0 rings (SSSR count). The summed E-state index contributed by atoms with van der Waals surface area (Å²) in [6.45, 7) is 16.8. The van der Waals surface area contributed by atoms with Gasteiger partial charge in [0, 0.05) is 11.8 Å². The Morgan fingerprint density at radius 2 is 1.34 bits per heavy atom. The van der Waals surface area contributed by atoms with Gasteiger partial charge in [0.1, 0.15) is 0 Å². The van der Waals surface area contributed by atoms with Crippen LogP contribution >= 0.6 is 0 Å². The molecule has 0 fully saturated rings. The Morgan fingerprint density at radius 3 is 1.72 bits per heavy atom. The lowest BCUT2D eigenvalue weighted by molar-refractivity contribution is -0.137. The molecule has 0 spiro atoms. The first-order chi connectivity index (χ1) is 14.2. The lowest BCUT2D eigenvalue weighted by Gasteiger charge is -2.41. The van der Waals surface area contributed by atoms with Crippen LogP contribution in [0.3, 0.4) is 0 Å². The predicted molar refractivity (Wildman–Crippen MR) is 127 cm³/mol. The highest BCUT2D eigenvalue weighted by molar-refractivity contribution is 5.90. The topological polar surface area (TPSA) is 144 Å². The molecule has 0 saturated carbocycles. The zero-order valence-corrected chi connectivity index (χ0v) is 21.8. The van der Waals surface area contributed by atoms with Gasteiger partial charge in [-0.3, -0.25) is 19.2 Å². The Balaban J connectivity index is 5.56. The van der Waals surface area contributed by atoms with Gasteiger partial charge in [-0.05, 0) is 49.5 Å². The number of ketones is 1. The van der Waals surface area contributed by atoms with E-state index < -0.39 is 40.1 Å². The van der Waals surface area contributed by atoms with E-state index in [9.17, 15) is 19.2 Å². The van der Waals surface area contributed by atoms with Crippen molar-refractivity contribution in [1.82, 2.24) is 10.6 Å². The number of hydrogen-bond acceptors (Lipinski definition) is 5. The smallest absolute Gasteiger partial charge is 0.234 e. The summed E-state index contributed by atoms with van der Waals surface area (Å²) in [4.78, 5) is 48.9. The van der Waals surface area contributed by atoms with Crippen LogP contribution < -0.4 is 22.1 Å². The van der Waals surface area contributed by atoms with Gasteiger partial charge in [-0.15, -0.1) is 0 Å². The van der Waals surface area contributed by atoms with Crippen LogP contribution in [0.4, 0.5) is 0 Å². The van der Waals surface area contributed by atoms with Crippen LogP contribution in [0.5, 0.6) is 0 Å². The first-order valence-corrected chi connectivity index (χ1v) is 11.2. The number of carbonyl (C=O) groups is 4. The highest BCUT2D eigenvalue weighted by Crippen LogP contribution is 2.40. The van der Waals surface area contributed by atoms with Gasteiger partial charge in [0.05, 0.1) is 12.1 Å². The van der Waals surface area contributed by atoms with Crippen LogP contribution in [-0.2, 0) is 19.2 Å². The van der Waals surface area contributed by atoms with Crippen molar-refractivity contribution in [2.24, 2.45) is 33.1 Å². The van der Waals surface area contributed by atoms with Crippen molar-refractivity contribution in [3.05, 3.63) is 0 Å². The summed E-state index contributed by atoms with van der Waals surface area (Å²) < 4.78 is 0. The van der Waals surface area contributed by atoms with Crippen molar-refractivity contribution < 1.29 is 19.2 Å². The van der Waals surface area contributed by atoms with Gasteiger partial charge in [0.2, 0.25) is 17.7 Å². The molecule has 0 aromatic heterocycles. The number of rotatable bonds is 14. The molecule has 0 aromatic rings. The number of likely N-dealkylation sites (N-methyl/N-ethyl adjacent to an activating group) is 1. The summed E-state index contributed by atoms with van der Waals surface area (Å²) in [6, 6.07) is -1.19. The Bertz CT molecular complexity index is 711. The third kappa shape index (κ3) is 9.67. The molecule has 8 nitrogen and oxygen atoms in total. The molecular formula is C24H46N4O4. The third-order valence-corrected chi connectivity index (χ3v) is 6.03. The van der Waals surface area contributed by atoms with Crippen molar-refractivity contribution in [3.8, 4) is 0 Å². The number of nitrogens with two attached hydrogens (primary N) is 2. The van der Waals surface area contributed by atoms with Gasteiger partial charge in [0.15, 0.2) is 5.78 Å². The Morgan fingerprint density at radius 1 is 0.844 bits per heavy atom. The molecule has 32 heavy (non-hydrogen) atoms. The Labute approximate surface area is 194 Å². The third-order valence-electron chi connectivity index (χ3n) is 6.03. The molecule has 0 aliphatic heterocycles. The van der Waals surface area contributed by atoms with Gasteiger partial charge < -0.3 is 22.1 Å². The number of Topliss-reactive ketones (excluding diaryl/α,β-unsaturated/α-hetero) is 1. The molecule has 2 atom stereocenters. The molecule has 3 amide bonds. The maximum Gasteiger partial charge on any atom is 0.234 e. The SMILES string of the molecule is CNC(CC(C)(C)CC(C)(C)C(=O)NC(C(C)=O)C(C)(C)CC(C)(C)CC(N)=O)C(N)=O. The van der Waals surface area contributed by atoms with Gasteiger partial charge in [-0.1, -0.05) is 55.4 Å². The molecule has 0 saturated heterocycles. The van der Waals surface area contributed by atoms with Crippen molar-refractivity contribution in [3.63, 3.8) is 0 Å². The fourth-order valence-corrected chi connectivity index (χ4v) is 5.29. The van der Waals surface area contributed by atoms with Crippen LogP contribution in [0, 0.1) is 21.7 Å². The molecule has 8 heteroatoms. The van der Waals surface area contributed by atoms with Crippen LogP contribution in [0.1, 0.15) is 88.0 Å². The molecular weight excluding hydrogens is 408 g/mol. The second-order valence-corrected chi connectivity index (χ2v) is 12.2. The molecule has 6 N–H and O–H groups in total. The van der Waals surface area contributed by atoms with E-state index in [-0.39, 0.29) is 23.5 Å². The zero-order chi connectivity index (χ0) is 25.7. The van der Waals surface area contributed by atoms with E-state index in [0.29, 0.717) is 19.3 Å². The molecule has 186 valence electrons. The van der Waals surface area contributed by atoms with Crippen molar-refractivity contribution >= 4 is 23.5 Å². The summed E-state index contributed by atoms with van der Waals surface area (Å²) in [7, 11) is 1.68. The van der Waals surface area contributed by atoms with Crippen LogP contribution in [0.25, 0.3) is 0 Å². The van der Waals surface area contributed by atoms with Crippen LogP contribution in [0.15, 0.2) is 0 Å². The molecule has 0 aliphatic carbocycles.